The van der Waals surface area contributed by atoms with Crippen molar-refractivity contribution in [1.82, 2.24) is 9.78 Å². The van der Waals surface area contributed by atoms with Gasteiger partial charge in [-0.25, -0.2) is 4.39 Å². The van der Waals surface area contributed by atoms with E-state index in [-0.39, 0.29) is 5.82 Å². The molecule has 0 aliphatic carbocycles. The smallest absolute Gasteiger partial charge is 0.123 e. The molecule has 0 fully saturated rings. The second-order valence-electron chi connectivity index (χ2n) is 3.84. The van der Waals surface area contributed by atoms with Crippen molar-refractivity contribution >= 4 is 10.8 Å². The molecule has 0 aliphatic heterocycles. The van der Waals surface area contributed by atoms with Gasteiger partial charge in [0.15, 0.2) is 0 Å². The number of hydrogen-bond acceptors (Lipinski definition) is 2. The molecule has 0 aliphatic rings. The zero-order chi connectivity index (χ0) is 12.4. The van der Waals surface area contributed by atoms with Crippen molar-refractivity contribution < 1.29 is 8.60 Å². The molecule has 0 radical (unpaired) electrons. The van der Waals surface area contributed by atoms with Crippen LogP contribution in [0.25, 0.3) is 0 Å². The Hall–Kier alpha value is -1.49. The highest BCUT2D eigenvalue weighted by Gasteiger charge is 2.09. The summed E-state index contributed by atoms with van der Waals surface area (Å²) in [5.74, 6) is 0.0744. The molecule has 0 bridgehead atoms. The quantitative estimate of drug-likeness (QED) is 0.839. The lowest BCUT2D eigenvalue weighted by atomic mass is 10.3. The lowest BCUT2D eigenvalue weighted by Gasteiger charge is -2.02. The molecule has 1 heterocycles. The largest absolute Gasteiger partial charge is 0.271 e. The summed E-state index contributed by atoms with van der Waals surface area (Å²) in [5, 5.41) is 4.19. The van der Waals surface area contributed by atoms with E-state index in [4.69, 9.17) is 0 Å². The Kier molecular flexibility index (Phi) is 3.38. The average Bonchev–Trinajstić information content (AvgIpc) is 2.58. The van der Waals surface area contributed by atoms with Crippen LogP contribution in [0.15, 0.2) is 35.2 Å². The number of halogens is 1. The van der Waals surface area contributed by atoms with Gasteiger partial charge in [0.05, 0.1) is 27.9 Å². The van der Waals surface area contributed by atoms with Crippen LogP contribution in [0.1, 0.15) is 11.4 Å². The van der Waals surface area contributed by atoms with E-state index < -0.39 is 10.8 Å². The van der Waals surface area contributed by atoms with Crippen molar-refractivity contribution in [2.75, 3.05) is 0 Å². The highest BCUT2D eigenvalue weighted by atomic mass is 32.2. The number of nitrogens with zero attached hydrogens (tertiary/aromatic N) is 2. The Labute approximate surface area is 102 Å². The first-order valence-electron chi connectivity index (χ1n) is 5.20. The second-order valence-corrected chi connectivity index (χ2v) is 5.30. The zero-order valence-electron chi connectivity index (χ0n) is 9.68. The molecule has 0 saturated heterocycles. The Bertz CT molecular complexity index is 548. The van der Waals surface area contributed by atoms with E-state index >= 15 is 0 Å². The SMILES string of the molecule is Cc1cc(CS(=O)c2ccc(F)cc2)n(C)n1. The Morgan fingerprint density at radius 1 is 1.35 bits per heavy atom. The molecule has 17 heavy (non-hydrogen) atoms. The maximum absolute atomic E-state index is 12.7. The number of aryl methyl sites for hydroxylation is 2. The second kappa shape index (κ2) is 4.79. The molecule has 0 N–H and O–H groups in total. The number of benzene rings is 1. The van der Waals surface area contributed by atoms with Crippen LogP contribution in [0.4, 0.5) is 4.39 Å². The topological polar surface area (TPSA) is 34.9 Å². The third kappa shape index (κ3) is 2.79. The Morgan fingerprint density at radius 3 is 2.53 bits per heavy atom. The third-order valence-corrected chi connectivity index (χ3v) is 3.81. The van der Waals surface area contributed by atoms with Gasteiger partial charge in [-0.3, -0.25) is 8.89 Å². The summed E-state index contributed by atoms with van der Waals surface area (Å²) < 4.78 is 26.5. The molecule has 0 amide bonds. The third-order valence-electron chi connectivity index (χ3n) is 2.45. The summed E-state index contributed by atoms with van der Waals surface area (Å²) in [7, 11) is 0.657. The fraction of sp³-hybridized carbons (Fsp3) is 0.250. The van der Waals surface area contributed by atoms with E-state index in [9.17, 15) is 8.60 Å². The predicted molar refractivity (Wildman–Crippen MR) is 64.5 cm³/mol. The summed E-state index contributed by atoms with van der Waals surface area (Å²) >= 11 is 0. The van der Waals surface area contributed by atoms with Crippen molar-refractivity contribution in [3.63, 3.8) is 0 Å². The van der Waals surface area contributed by atoms with Crippen LogP contribution in [0.2, 0.25) is 0 Å². The molecule has 2 rings (SSSR count). The van der Waals surface area contributed by atoms with E-state index in [2.05, 4.69) is 5.10 Å². The first-order valence-corrected chi connectivity index (χ1v) is 6.51. The molecule has 5 heteroatoms. The minimum Gasteiger partial charge on any atom is -0.271 e. The first-order chi connectivity index (χ1) is 8.06. The maximum atomic E-state index is 12.7. The van der Waals surface area contributed by atoms with E-state index in [1.54, 1.807) is 16.8 Å². The number of hydrogen-bond donors (Lipinski definition) is 0. The van der Waals surface area contributed by atoms with Crippen LogP contribution in [0, 0.1) is 12.7 Å². The molecular formula is C12H13FN2OS. The summed E-state index contributed by atoms with van der Waals surface area (Å²) in [6.45, 7) is 1.89. The van der Waals surface area contributed by atoms with Gasteiger partial charge in [-0.05, 0) is 37.3 Å². The lowest BCUT2D eigenvalue weighted by Crippen LogP contribution is -2.03. The van der Waals surface area contributed by atoms with Crippen LogP contribution in [0.3, 0.4) is 0 Å². The molecule has 1 aromatic carbocycles. The Morgan fingerprint density at radius 2 is 2.00 bits per heavy atom. The molecule has 1 unspecified atom stereocenters. The highest BCUT2D eigenvalue weighted by Crippen LogP contribution is 2.13. The van der Waals surface area contributed by atoms with Gasteiger partial charge in [-0.1, -0.05) is 0 Å². The van der Waals surface area contributed by atoms with Crippen molar-refractivity contribution in [2.24, 2.45) is 7.05 Å². The summed E-state index contributed by atoms with van der Waals surface area (Å²) in [6.07, 6.45) is 0. The lowest BCUT2D eigenvalue weighted by molar-refractivity contribution is 0.626. The van der Waals surface area contributed by atoms with Gasteiger partial charge in [0.25, 0.3) is 0 Å². The molecule has 0 spiro atoms. The fourth-order valence-electron chi connectivity index (χ4n) is 1.60. The number of rotatable bonds is 3. The Balaban J connectivity index is 2.17. The normalized spacial score (nSPS) is 12.6. The van der Waals surface area contributed by atoms with E-state index in [1.807, 2.05) is 20.0 Å². The zero-order valence-corrected chi connectivity index (χ0v) is 10.5. The molecule has 1 atom stereocenters. The minimum atomic E-state index is -1.17. The maximum Gasteiger partial charge on any atom is 0.123 e. The molecule has 2 aromatic rings. The van der Waals surface area contributed by atoms with Crippen molar-refractivity contribution in [1.29, 1.82) is 0 Å². The van der Waals surface area contributed by atoms with Gasteiger partial charge < -0.3 is 0 Å². The molecular weight excluding hydrogens is 239 g/mol. The van der Waals surface area contributed by atoms with Crippen LogP contribution in [0.5, 0.6) is 0 Å². The average molecular weight is 252 g/mol. The highest BCUT2D eigenvalue weighted by molar-refractivity contribution is 7.84. The van der Waals surface area contributed by atoms with Crippen LogP contribution in [-0.2, 0) is 23.6 Å². The van der Waals surface area contributed by atoms with Gasteiger partial charge >= 0.3 is 0 Å². The monoisotopic (exact) mass is 252 g/mol. The summed E-state index contributed by atoms with van der Waals surface area (Å²) in [4.78, 5) is 0.630. The van der Waals surface area contributed by atoms with Crippen LogP contribution >= 0.6 is 0 Å². The van der Waals surface area contributed by atoms with Crippen LogP contribution < -0.4 is 0 Å². The molecule has 3 nitrogen and oxygen atoms in total. The summed E-state index contributed by atoms with van der Waals surface area (Å²) in [6, 6.07) is 7.65. The van der Waals surface area contributed by atoms with E-state index in [1.165, 1.54) is 12.1 Å². The molecule has 90 valence electrons. The van der Waals surface area contributed by atoms with Gasteiger partial charge in [0.1, 0.15) is 5.82 Å². The van der Waals surface area contributed by atoms with Gasteiger partial charge in [-0.15, -0.1) is 0 Å². The van der Waals surface area contributed by atoms with Crippen molar-refractivity contribution in [2.45, 2.75) is 17.6 Å². The van der Waals surface area contributed by atoms with Crippen molar-refractivity contribution in [3.05, 3.63) is 47.5 Å². The summed E-state index contributed by atoms with van der Waals surface area (Å²) in [5.41, 5.74) is 1.81. The van der Waals surface area contributed by atoms with E-state index in [0.29, 0.717) is 10.6 Å². The minimum absolute atomic E-state index is 0.317. The van der Waals surface area contributed by atoms with Gasteiger partial charge in [0.2, 0.25) is 0 Å². The van der Waals surface area contributed by atoms with E-state index in [0.717, 1.165) is 11.4 Å². The fourth-order valence-corrected chi connectivity index (χ4v) is 2.75. The number of aromatic nitrogens is 2. The predicted octanol–water partition coefficient (Wildman–Crippen LogP) is 2.18. The van der Waals surface area contributed by atoms with Gasteiger partial charge in [0, 0.05) is 11.9 Å². The van der Waals surface area contributed by atoms with Gasteiger partial charge in [-0.2, -0.15) is 5.10 Å². The first kappa shape index (κ1) is 12.0. The standard InChI is InChI=1S/C12H13FN2OS/c1-9-7-11(15(2)14-9)8-17(16)12-5-3-10(13)4-6-12/h3-7H,8H2,1-2H3. The molecule has 1 aromatic heterocycles. The van der Waals surface area contributed by atoms with Crippen LogP contribution in [-0.4, -0.2) is 14.0 Å². The van der Waals surface area contributed by atoms with Crippen molar-refractivity contribution in [3.8, 4) is 0 Å². The molecule has 0 saturated carbocycles.